The first kappa shape index (κ1) is 13.1. The fourth-order valence-corrected chi connectivity index (χ4v) is 2.46. The number of nitrogens with zero attached hydrogens (tertiary/aromatic N) is 3. The number of aryl methyl sites for hydroxylation is 1. The molecule has 2 heterocycles. The van der Waals surface area contributed by atoms with E-state index in [0.29, 0.717) is 5.69 Å². The summed E-state index contributed by atoms with van der Waals surface area (Å²) in [6.45, 7) is 2.80. The molecule has 1 saturated heterocycles. The van der Waals surface area contributed by atoms with Crippen LogP contribution in [0.4, 0.5) is 0 Å². The summed E-state index contributed by atoms with van der Waals surface area (Å²) in [5.41, 5.74) is 0.561. The van der Waals surface area contributed by atoms with Gasteiger partial charge in [0.05, 0.1) is 6.33 Å². The lowest BCUT2D eigenvalue weighted by Gasteiger charge is -2.31. The summed E-state index contributed by atoms with van der Waals surface area (Å²) in [5, 5.41) is 3.18. The van der Waals surface area contributed by atoms with Gasteiger partial charge in [-0.2, -0.15) is 0 Å². The molecule has 18 heavy (non-hydrogen) atoms. The third-order valence-corrected chi connectivity index (χ3v) is 3.63. The van der Waals surface area contributed by atoms with Gasteiger partial charge in [0.15, 0.2) is 0 Å². The zero-order valence-electron chi connectivity index (χ0n) is 11.2. The van der Waals surface area contributed by atoms with Gasteiger partial charge in [0.1, 0.15) is 5.69 Å². The van der Waals surface area contributed by atoms with E-state index < -0.39 is 0 Å². The van der Waals surface area contributed by atoms with Crippen LogP contribution >= 0.6 is 0 Å². The first-order valence-electron chi connectivity index (χ1n) is 6.62. The van der Waals surface area contributed by atoms with E-state index in [2.05, 4.69) is 10.3 Å². The Bertz CT molecular complexity index is 393. The molecule has 1 aromatic heterocycles. The van der Waals surface area contributed by atoms with Crippen molar-refractivity contribution in [3.05, 3.63) is 18.2 Å². The number of amides is 1. The van der Waals surface area contributed by atoms with Crippen LogP contribution in [0.5, 0.6) is 0 Å². The summed E-state index contributed by atoms with van der Waals surface area (Å²) in [6.07, 6.45) is 6.89. The predicted molar refractivity (Wildman–Crippen MR) is 70.4 cm³/mol. The lowest BCUT2D eigenvalue weighted by Crippen LogP contribution is -2.39. The van der Waals surface area contributed by atoms with Crippen molar-refractivity contribution in [1.82, 2.24) is 19.8 Å². The standard InChI is InChI=1S/C13H22N4O/c1-14-6-3-11-4-7-17(8-5-11)13(18)12-9-16(2)10-15-12/h9-11,14H,3-8H2,1-2H3. The summed E-state index contributed by atoms with van der Waals surface area (Å²) >= 11 is 0. The van der Waals surface area contributed by atoms with Crippen LogP contribution in [-0.4, -0.2) is 47.0 Å². The number of nitrogens with one attached hydrogen (secondary N) is 1. The summed E-state index contributed by atoms with van der Waals surface area (Å²) < 4.78 is 1.81. The zero-order valence-corrected chi connectivity index (χ0v) is 11.2. The molecule has 1 aliphatic heterocycles. The molecule has 0 spiro atoms. The molecule has 0 radical (unpaired) electrons. The summed E-state index contributed by atoms with van der Waals surface area (Å²) in [4.78, 5) is 18.2. The molecule has 2 rings (SSSR count). The summed E-state index contributed by atoms with van der Waals surface area (Å²) in [6, 6.07) is 0. The number of rotatable bonds is 4. The molecule has 5 heteroatoms. The Labute approximate surface area is 108 Å². The molecule has 0 atom stereocenters. The van der Waals surface area contributed by atoms with Crippen LogP contribution in [0, 0.1) is 5.92 Å². The lowest BCUT2D eigenvalue weighted by atomic mass is 9.93. The molecule has 0 aromatic carbocycles. The Balaban J connectivity index is 1.84. The van der Waals surface area contributed by atoms with Gasteiger partial charge in [-0.1, -0.05) is 0 Å². The van der Waals surface area contributed by atoms with Gasteiger partial charge >= 0.3 is 0 Å². The monoisotopic (exact) mass is 250 g/mol. The summed E-state index contributed by atoms with van der Waals surface area (Å²) in [5.74, 6) is 0.827. The molecule has 1 amide bonds. The van der Waals surface area contributed by atoms with Crippen molar-refractivity contribution < 1.29 is 4.79 Å². The molecule has 0 saturated carbocycles. The second kappa shape index (κ2) is 6.00. The van der Waals surface area contributed by atoms with Crippen LogP contribution in [0.1, 0.15) is 29.8 Å². The highest BCUT2D eigenvalue weighted by Gasteiger charge is 2.24. The zero-order chi connectivity index (χ0) is 13.0. The van der Waals surface area contributed by atoms with E-state index in [9.17, 15) is 4.79 Å². The van der Waals surface area contributed by atoms with Gasteiger partial charge in [-0.05, 0) is 38.8 Å². The van der Waals surface area contributed by atoms with Gasteiger partial charge in [-0.3, -0.25) is 4.79 Å². The van der Waals surface area contributed by atoms with Crippen molar-refractivity contribution >= 4 is 5.91 Å². The van der Waals surface area contributed by atoms with E-state index >= 15 is 0 Å². The maximum Gasteiger partial charge on any atom is 0.274 e. The van der Waals surface area contributed by atoms with Crippen molar-refractivity contribution in [1.29, 1.82) is 0 Å². The molecule has 1 aromatic rings. The van der Waals surface area contributed by atoms with Crippen molar-refractivity contribution in [3.8, 4) is 0 Å². The minimum Gasteiger partial charge on any atom is -0.340 e. The van der Waals surface area contributed by atoms with Crippen molar-refractivity contribution in [2.24, 2.45) is 13.0 Å². The van der Waals surface area contributed by atoms with Crippen LogP contribution < -0.4 is 5.32 Å². The van der Waals surface area contributed by atoms with Crippen molar-refractivity contribution in [3.63, 3.8) is 0 Å². The van der Waals surface area contributed by atoms with Gasteiger partial charge < -0.3 is 14.8 Å². The number of carbonyl (C=O) groups excluding carboxylic acids is 1. The first-order valence-corrected chi connectivity index (χ1v) is 6.62. The Morgan fingerprint density at radius 3 is 2.78 bits per heavy atom. The quantitative estimate of drug-likeness (QED) is 0.863. The molecule has 0 aliphatic carbocycles. The van der Waals surface area contributed by atoms with E-state index in [-0.39, 0.29) is 5.91 Å². The van der Waals surface area contributed by atoms with E-state index in [4.69, 9.17) is 0 Å². The van der Waals surface area contributed by atoms with Gasteiger partial charge in [0, 0.05) is 26.3 Å². The number of likely N-dealkylation sites (tertiary alicyclic amines) is 1. The van der Waals surface area contributed by atoms with E-state index in [1.54, 1.807) is 12.5 Å². The topological polar surface area (TPSA) is 50.2 Å². The highest BCUT2D eigenvalue weighted by Crippen LogP contribution is 2.21. The SMILES string of the molecule is CNCCC1CCN(C(=O)c2cn(C)cn2)CC1. The van der Waals surface area contributed by atoms with Crippen LogP contribution in [0.15, 0.2) is 12.5 Å². The Hall–Kier alpha value is -1.36. The van der Waals surface area contributed by atoms with Crippen LogP contribution in [0.2, 0.25) is 0 Å². The molecule has 1 N–H and O–H groups in total. The lowest BCUT2D eigenvalue weighted by molar-refractivity contribution is 0.0681. The van der Waals surface area contributed by atoms with Crippen LogP contribution in [0.25, 0.3) is 0 Å². The van der Waals surface area contributed by atoms with Crippen LogP contribution in [-0.2, 0) is 7.05 Å². The smallest absolute Gasteiger partial charge is 0.274 e. The number of carbonyl (C=O) groups is 1. The average Bonchev–Trinajstić information content (AvgIpc) is 2.83. The molecule has 0 bridgehead atoms. The fourth-order valence-electron chi connectivity index (χ4n) is 2.46. The van der Waals surface area contributed by atoms with E-state index in [1.165, 1.54) is 6.42 Å². The number of hydrogen-bond donors (Lipinski definition) is 1. The highest BCUT2D eigenvalue weighted by molar-refractivity contribution is 5.92. The second-order valence-electron chi connectivity index (χ2n) is 5.05. The van der Waals surface area contributed by atoms with Crippen LogP contribution in [0.3, 0.4) is 0 Å². The highest BCUT2D eigenvalue weighted by atomic mass is 16.2. The second-order valence-corrected chi connectivity index (χ2v) is 5.05. The maximum atomic E-state index is 12.2. The largest absolute Gasteiger partial charge is 0.340 e. The molecule has 0 unspecified atom stereocenters. The predicted octanol–water partition coefficient (Wildman–Crippen LogP) is 0.882. The normalized spacial score (nSPS) is 17.1. The minimum absolute atomic E-state index is 0.0719. The first-order chi connectivity index (χ1) is 8.70. The third-order valence-electron chi connectivity index (χ3n) is 3.63. The van der Waals surface area contributed by atoms with Crippen molar-refractivity contribution in [2.45, 2.75) is 19.3 Å². The number of hydrogen-bond acceptors (Lipinski definition) is 3. The Morgan fingerprint density at radius 2 is 2.22 bits per heavy atom. The van der Waals surface area contributed by atoms with E-state index in [0.717, 1.165) is 38.4 Å². The molecular formula is C13H22N4O. The maximum absolute atomic E-state index is 12.2. The average molecular weight is 250 g/mol. The molecular weight excluding hydrogens is 228 g/mol. The molecule has 1 aliphatic rings. The van der Waals surface area contributed by atoms with Gasteiger partial charge in [0.2, 0.25) is 0 Å². The number of aromatic nitrogens is 2. The molecule has 5 nitrogen and oxygen atoms in total. The molecule has 1 fully saturated rings. The Kier molecular flexibility index (Phi) is 4.36. The summed E-state index contributed by atoms with van der Waals surface area (Å²) in [7, 11) is 3.87. The van der Waals surface area contributed by atoms with Gasteiger partial charge in [-0.25, -0.2) is 4.98 Å². The fraction of sp³-hybridized carbons (Fsp3) is 0.692. The minimum atomic E-state index is 0.0719. The third kappa shape index (κ3) is 3.10. The molecule has 100 valence electrons. The van der Waals surface area contributed by atoms with E-state index in [1.807, 2.05) is 23.6 Å². The number of piperidine rings is 1. The Morgan fingerprint density at radius 1 is 1.50 bits per heavy atom. The van der Waals surface area contributed by atoms with Gasteiger partial charge in [0.25, 0.3) is 5.91 Å². The number of imidazole rings is 1. The van der Waals surface area contributed by atoms with Crippen molar-refractivity contribution in [2.75, 3.05) is 26.7 Å². The van der Waals surface area contributed by atoms with Gasteiger partial charge in [-0.15, -0.1) is 0 Å².